The summed E-state index contributed by atoms with van der Waals surface area (Å²) in [5, 5.41) is 0. The Morgan fingerprint density at radius 2 is 1.59 bits per heavy atom. The second kappa shape index (κ2) is 5.65. The molecule has 0 atom stereocenters. The van der Waals surface area contributed by atoms with Gasteiger partial charge in [0.2, 0.25) is 0 Å². The van der Waals surface area contributed by atoms with E-state index < -0.39 is 9.49 Å². The molecule has 0 unspecified atom stereocenters. The van der Waals surface area contributed by atoms with Gasteiger partial charge >= 0.3 is 6.36 Å². The lowest BCUT2D eigenvalue weighted by molar-refractivity contribution is -0.274. The highest BCUT2D eigenvalue weighted by molar-refractivity contribution is 8.05. The summed E-state index contributed by atoms with van der Waals surface area (Å²) in [6, 6.07) is 5.03. The van der Waals surface area contributed by atoms with Gasteiger partial charge in [-0.3, -0.25) is 0 Å². The summed E-state index contributed by atoms with van der Waals surface area (Å²) in [4.78, 5) is 0. The van der Waals surface area contributed by atoms with Crippen LogP contribution in [0.2, 0.25) is 0 Å². The molecule has 0 amide bonds. The first-order valence-electron chi connectivity index (χ1n) is 4.02. The van der Waals surface area contributed by atoms with Gasteiger partial charge < -0.3 is 9.46 Å². The average Bonchev–Trinajstić information content (AvgIpc) is 2.13. The summed E-state index contributed by atoms with van der Waals surface area (Å²) >= 11 is 17.2. The zero-order valence-electron chi connectivity index (χ0n) is 7.89. The third kappa shape index (κ3) is 6.98. The summed E-state index contributed by atoms with van der Waals surface area (Å²) < 4.78 is 40.3. The second-order valence-corrected chi connectivity index (χ2v) is 6.70. The van der Waals surface area contributed by atoms with Crippen LogP contribution in [0.5, 0.6) is 5.75 Å². The van der Waals surface area contributed by atoms with Crippen LogP contribution in [-0.4, -0.2) is 9.49 Å². The Labute approximate surface area is 114 Å². The van der Waals surface area contributed by atoms with Gasteiger partial charge in [0, 0.05) is 17.6 Å². The maximum absolute atomic E-state index is 11.9. The third-order valence-corrected chi connectivity index (χ3v) is 2.64. The van der Waals surface area contributed by atoms with E-state index in [-0.39, 0.29) is 5.75 Å². The molecule has 0 spiro atoms. The van der Waals surface area contributed by atoms with Crippen molar-refractivity contribution in [1.29, 1.82) is 0 Å². The number of alkyl halides is 6. The maximum Gasteiger partial charge on any atom is 0.573 e. The van der Waals surface area contributed by atoms with Gasteiger partial charge in [0.25, 0.3) is 3.12 Å². The summed E-state index contributed by atoms with van der Waals surface area (Å²) in [6.45, 7) is 0. The quantitative estimate of drug-likeness (QED) is 0.626. The van der Waals surface area contributed by atoms with E-state index in [1.54, 1.807) is 0 Å². The third-order valence-electron chi connectivity index (χ3n) is 1.37. The molecule has 0 aliphatic carbocycles. The Hall–Kier alpha value is -0.170. The molecule has 0 saturated heterocycles. The van der Waals surface area contributed by atoms with Gasteiger partial charge in [0.05, 0.1) is 0 Å². The molecule has 1 rings (SSSR count). The molecule has 0 aliphatic heterocycles. The predicted molar refractivity (Wildman–Crippen MR) is 64.6 cm³/mol. The normalized spacial score (nSPS) is 12.4. The number of hydrogen-bond donors (Lipinski definition) is 1. The number of rotatable bonds is 3. The van der Waals surface area contributed by atoms with Crippen LogP contribution >= 0.6 is 46.8 Å². The van der Waals surface area contributed by atoms with Crippen molar-refractivity contribution in [3.8, 4) is 5.75 Å². The fraction of sp³-hybridized carbons (Fsp3) is 0.250. The molecule has 0 radical (unpaired) electrons. The lowest BCUT2D eigenvalue weighted by Gasteiger charge is -2.12. The van der Waals surface area contributed by atoms with Crippen molar-refractivity contribution in [3.63, 3.8) is 0 Å². The number of ether oxygens (including phenoxy) is 1. The van der Waals surface area contributed by atoms with Crippen molar-refractivity contribution in [1.82, 2.24) is 0 Å². The topological polar surface area (TPSA) is 21.3 Å². The molecule has 17 heavy (non-hydrogen) atoms. The highest BCUT2D eigenvalue weighted by Gasteiger charge is 2.31. The average molecular weight is 327 g/mol. The summed E-state index contributed by atoms with van der Waals surface area (Å²) in [5.41, 5.74) is 0.482. The molecule has 1 aromatic rings. The van der Waals surface area contributed by atoms with Crippen LogP contribution in [0.1, 0.15) is 0 Å². The van der Waals surface area contributed by atoms with E-state index in [0.29, 0.717) is 5.69 Å². The highest BCUT2D eigenvalue weighted by Crippen LogP contribution is 2.39. The molecule has 0 aromatic heterocycles. The Morgan fingerprint density at radius 3 is 2.00 bits per heavy atom. The van der Waals surface area contributed by atoms with Crippen molar-refractivity contribution in [2.45, 2.75) is 9.49 Å². The Kier molecular flexibility index (Phi) is 4.95. The lowest BCUT2D eigenvalue weighted by Crippen LogP contribution is -2.16. The summed E-state index contributed by atoms with van der Waals surface area (Å²) in [6.07, 6.45) is -4.71. The van der Waals surface area contributed by atoms with Crippen LogP contribution in [0.4, 0.5) is 18.9 Å². The first-order valence-corrected chi connectivity index (χ1v) is 5.97. The van der Waals surface area contributed by atoms with Gasteiger partial charge in [-0.05, 0) is 24.3 Å². The molecule has 96 valence electrons. The minimum absolute atomic E-state index is 0.318. The van der Waals surface area contributed by atoms with Crippen molar-refractivity contribution in [2.75, 3.05) is 4.72 Å². The van der Waals surface area contributed by atoms with Crippen molar-refractivity contribution in [3.05, 3.63) is 24.3 Å². The summed E-state index contributed by atoms with van der Waals surface area (Å²) in [5.74, 6) is -0.318. The summed E-state index contributed by atoms with van der Waals surface area (Å²) in [7, 11) is 0. The highest BCUT2D eigenvalue weighted by atomic mass is 35.6. The number of nitrogens with one attached hydrogen (secondary N) is 1. The molecule has 0 aliphatic rings. The molecular weight excluding hydrogens is 322 g/mol. The lowest BCUT2D eigenvalue weighted by atomic mass is 10.3. The predicted octanol–water partition coefficient (Wildman–Crippen LogP) is 4.97. The standard InChI is InChI=1S/C8H5Cl3F3NOS/c9-7(10,11)17-15-5-1-3-6(4-2-5)16-8(12,13)14/h1-4,15H. The van der Waals surface area contributed by atoms with Crippen molar-refractivity contribution in [2.24, 2.45) is 0 Å². The van der Waals surface area contributed by atoms with Gasteiger partial charge in [-0.2, -0.15) is 0 Å². The minimum atomic E-state index is -4.71. The number of anilines is 1. The van der Waals surface area contributed by atoms with Gasteiger partial charge in [-0.25, -0.2) is 0 Å². The fourth-order valence-electron chi connectivity index (χ4n) is 0.841. The molecular formula is C8H5Cl3F3NOS. The Balaban J connectivity index is 2.56. The van der Waals surface area contributed by atoms with Crippen LogP contribution in [0.3, 0.4) is 0 Å². The number of hydrogen-bond acceptors (Lipinski definition) is 3. The first-order chi connectivity index (χ1) is 7.66. The van der Waals surface area contributed by atoms with Gasteiger partial charge in [-0.15, -0.1) is 13.2 Å². The molecule has 0 heterocycles. The second-order valence-electron chi connectivity index (χ2n) is 2.72. The minimum Gasteiger partial charge on any atom is -0.406 e. The van der Waals surface area contributed by atoms with E-state index in [1.807, 2.05) is 0 Å². The van der Waals surface area contributed by atoms with Crippen LogP contribution < -0.4 is 9.46 Å². The largest absolute Gasteiger partial charge is 0.573 e. The van der Waals surface area contributed by atoms with E-state index in [9.17, 15) is 13.2 Å². The van der Waals surface area contributed by atoms with Crippen LogP contribution in [0.15, 0.2) is 24.3 Å². The van der Waals surface area contributed by atoms with E-state index in [1.165, 1.54) is 12.1 Å². The van der Waals surface area contributed by atoms with E-state index >= 15 is 0 Å². The molecule has 0 bridgehead atoms. The molecule has 0 saturated carbocycles. The molecule has 1 N–H and O–H groups in total. The van der Waals surface area contributed by atoms with Crippen LogP contribution in [0.25, 0.3) is 0 Å². The van der Waals surface area contributed by atoms with Crippen LogP contribution in [0, 0.1) is 0 Å². The smallest absolute Gasteiger partial charge is 0.406 e. The van der Waals surface area contributed by atoms with E-state index in [0.717, 1.165) is 24.1 Å². The van der Waals surface area contributed by atoms with Gasteiger partial charge in [-0.1, -0.05) is 34.8 Å². The number of benzene rings is 1. The van der Waals surface area contributed by atoms with E-state index in [4.69, 9.17) is 34.8 Å². The molecule has 2 nitrogen and oxygen atoms in total. The first kappa shape index (κ1) is 14.9. The zero-order chi connectivity index (χ0) is 13.1. The molecule has 1 aromatic carbocycles. The Morgan fingerprint density at radius 1 is 1.06 bits per heavy atom. The zero-order valence-corrected chi connectivity index (χ0v) is 11.0. The van der Waals surface area contributed by atoms with Crippen molar-refractivity contribution < 1.29 is 17.9 Å². The van der Waals surface area contributed by atoms with Gasteiger partial charge in [0.1, 0.15) is 5.75 Å². The SMILES string of the molecule is FC(F)(F)Oc1ccc(NSC(Cl)(Cl)Cl)cc1. The van der Waals surface area contributed by atoms with E-state index in [2.05, 4.69) is 9.46 Å². The van der Waals surface area contributed by atoms with Crippen molar-refractivity contribution >= 4 is 52.4 Å². The fourth-order valence-corrected chi connectivity index (χ4v) is 1.56. The number of halogens is 6. The maximum atomic E-state index is 11.9. The molecule has 0 fully saturated rings. The van der Waals surface area contributed by atoms with Crippen LogP contribution in [-0.2, 0) is 0 Å². The monoisotopic (exact) mass is 325 g/mol. The van der Waals surface area contributed by atoms with Gasteiger partial charge in [0.15, 0.2) is 0 Å². The Bertz CT molecular complexity index is 366. The molecule has 9 heteroatoms.